The summed E-state index contributed by atoms with van der Waals surface area (Å²) in [5, 5.41) is 6.93. The average Bonchev–Trinajstić information content (AvgIpc) is 2.93. The minimum absolute atomic E-state index is 0.265. The molecule has 116 valence electrons. The van der Waals surface area contributed by atoms with Crippen LogP contribution in [0.25, 0.3) is 0 Å². The van der Waals surface area contributed by atoms with Gasteiger partial charge in [-0.05, 0) is 60.8 Å². The van der Waals surface area contributed by atoms with Gasteiger partial charge >= 0.3 is 5.97 Å². The highest BCUT2D eigenvalue weighted by molar-refractivity contribution is 9.11. The molecule has 1 aliphatic rings. The van der Waals surface area contributed by atoms with E-state index in [1.165, 1.54) is 20.0 Å². The number of carbonyl (C=O) groups excluding carboxylic acids is 1. The first-order valence-electron chi connectivity index (χ1n) is 7.08. The highest BCUT2D eigenvalue weighted by Gasteiger charge is 2.21. The van der Waals surface area contributed by atoms with E-state index in [0.717, 1.165) is 27.6 Å². The summed E-state index contributed by atoms with van der Waals surface area (Å²) in [6.45, 7) is 3.24. The molecule has 0 aliphatic carbocycles. The molecule has 0 aromatic heterocycles. The van der Waals surface area contributed by atoms with Crippen LogP contribution in [0.15, 0.2) is 21.1 Å². The number of nitrogens with one attached hydrogen (secondary N) is 2. The number of esters is 1. The third-order valence-corrected chi connectivity index (χ3v) is 4.73. The van der Waals surface area contributed by atoms with Gasteiger partial charge in [-0.3, -0.25) is 0 Å². The van der Waals surface area contributed by atoms with Crippen LogP contribution in [0.2, 0.25) is 0 Å². The van der Waals surface area contributed by atoms with Crippen LogP contribution in [0.1, 0.15) is 36.5 Å². The zero-order chi connectivity index (χ0) is 15.4. The molecule has 0 saturated carbocycles. The molecule has 0 bridgehead atoms. The lowest BCUT2D eigenvalue weighted by molar-refractivity contribution is 0.0601. The summed E-state index contributed by atoms with van der Waals surface area (Å²) < 4.78 is 6.56. The van der Waals surface area contributed by atoms with Crippen LogP contribution in [-0.4, -0.2) is 31.7 Å². The van der Waals surface area contributed by atoms with E-state index in [-0.39, 0.29) is 12.0 Å². The minimum atomic E-state index is -0.342. The number of hydrogen-bond donors (Lipinski definition) is 2. The SMILES string of the molecule is COC(=O)c1cc(Br)cc(Br)c1NC(C)CC1CCCN1. The molecule has 2 rings (SSSR count). The summed E-state index contributed by atoms with van der Waals surface area (Å²) in [6, 6.07) is 4.53. The van der Waals surface area contributed by atoms with E-state index in [1.54, 1.807) is 6.07 Å². The molecule has 2 atom stereocenters. The van der Waals surface area contributed by atoms with E-state index in [4.69, 9.17) is 4.74 Å². The van der Waals surface area contributed by atoms with Crippen molar-refractivity contribution in [3.05, 3.63) is 26.6 Å². The summed E-state index contributed by atoms with van der Waals surface area (Å²) in [7, 11) is 1.40. The largest absolute Gasteiger partial charge is 0.465 e. The fraction of sp³-hybridized carbons (Fsp3) is 0.533. The fourth-order valence-electron chi connectivity index (χ4n) is 2.68. The molecule has 1 fully saturated rings. The Morgan fingerprint density at radius 2 is 2.29 bits per heavy atom. The van der Waals surface area contributed by atoms with Gasteiger partial charge < -0.3 is 15.4 Å². The van der Waals surface area contributed by atoms with Gasteiger partial charge in [-0.15, -0.1) is 0 Å². The molecule has 6 heteroatoms. The summed E-state index contributed by atoms with van der Waals surface area (Å²) >= 11 is 6.93. The van der Waals surface area contributed by atoms with Gasteiger partial charge in [0.15, 0.2) is 0 Å². The summed E-state index contributed by atoms with van der Waals surface area (Å²) in [6.07, 6.45) is 3.49. The van der Waals surface area contributed by atoms with Gasteiger partial charge in [-0.25, -0.2) is 4.79 Å². The van der Waals surface area contributed by atoms with Crippen molar-refractivity contribution in [3.63, 3.8) is 0 Å². The van der Waals surface area contributed by atoms with Gasteiger partial charge in [0.1, 0.15) is 0 Å². The number of rotatable bonds is 5. The summed E-state index contributed by atoms with van der Waals surface area (Å²) in [5.74, 6) is -0.342. The predicted molar refractivity (Wildman–Crippen MR) is 91.9 cm³/mol. The predicted octanol–water partition coefficient (Wildman–Crippen LogP) is 3.94. The topological polar surface area (TPSA) is 50.4 Å². The Kier molecular flexibility index (Phi) is 6.08. The lowest BCUT2D eigenvalue weighted by Gasteiger charge is -2.22. The second-order valence-corrected chi connectivity index (χ2v) is 7.15. The summed E-state index contributed by atoms with van der Waals surface area (Å²) in [4.78, 5) is 11.9. The van der Waals surface area contributed by atoms with Crippen molar-refractivity contribution in [2.45, 2.75) is 38.3 Å². The Hall–Kier alpha value is -0.590. The highest BCUT2D eigenvalue weighted by atomic mass is 79.9. The number of carbonyl (C=O) groups is 1. The van der Waals surface area contributed by atoms with Gasteiger partial charge in [0.2, 0.25) is 0 Å². The second kappa shape index (κ2) is 7.61. The van der Waals surface area contributed by atoms with Crippen molar-refractivity contribution in [2.24, 2.45) is 0 Å². The van der Waals surface area contributed by atoms with E-state index < -0.39 is 0 Å². The monoisotopic (exact) mass is 418 g/mol. The number of benzene rings is 1. The van der Waals surface area contributed by atoms with Gasteiger partial charge in [-0.1, -0.05) is 15.9 Å². The van der Waals surface area contributed by atoms with Gasteiger partial charge in [0, 0.05) is 21.0 Å². The maximum atomic E-state index is 11.9. The van der Waals surface area contributed by atoms with E-state index >= 15 is 0 Å². The minimum Gasteiger partial charge on any atom is -0.465 e. The molecule has 2 unspecified atom stereocenters. The molecule has 4 nitrogen and oxygen atoms in total. The van der Waals surface area contributed by atoms with E-state index in [9.17, 15) is 4.79 Å². The number of halogens is 2. The van der Waals surface area contributed by atoms with Crippen molar-refractivity contribution in [2.75, 3.05) is 19.0 Å². The second-order valence-electron chi connectivity index (χ2n) is 5.38. The van der Waals surface area contributed by atoms with Crippen molar-refractivity contribution in [3.8, 4) is 0 Å². The average molecular weight is 420 g/mol. The molecular weight excluding hydrogens is 400 g/mol. The van der Waals surface area contributed by atoms with Crippen LogP contribution >= 0.6 is 31.9 Å². The molecule has 0 amide bonds. The van der Waals surface area contributed by atoms with Gasteiger partial charge in [0.25, 0.3) is 0 Å². The smallest absolute Gasteiger partial charge is 0.340 e. The lowest BCUT2D eigenvalue weighted by atomic mass is 10.1. The van der Waals surface area contributed by atoms with Crippen molar-refractivity contribution in [1.82, 2.24) is 5.32 Å². The summed E-state index contributed by atoms with van der Waals surface area (Å²) in [5.41, 5.74) is 1.32. The first-order chi connectivity index (χ1) is 10.0. The van der Waals surface area contributed by atoms with Crippen molar-refractivity contribution in [1.29, 1.82) is 0 Å². The van der Waals surface area contributed by atoms with Gasteiger partial charge in [-0.2, -0.15) is 0 Å². The molecule has 1 aromatic rings. The number of methoxy groups -OCH3 is 1. The third kappa shape index (κ3) is 4.44. The number of hydrogen-bond acceptors (Lipinski definition) is 4. The molecule has 1 aliphatic heterocycles. The molecule has 1 saturated heterocycles. The standard InChI is InChI=1S/C15H20Br2N2O2/c1-9(6-11-4-3-5-18-11)19-14-12(15(20)21-2)7-10(16)8-13(14)17/h7-9,11,18-19H,3-6H2,1-2H3. The zero-order valence-corrected chi connectivity index (χ0v) is 15.4. The van der Waals surface area contributed by atoms with Crippen LogP contribution in [0, 0.1) is 0 Å². The molecule has 21 heavy (non-hydrogen) atoms. The van der Waals surface area contributed by atoms with E-state index in [1.807, 2.05) is 6.07 Å². The Bertz CT molecular complexity index is 517. The number of ether oxygens (including phenoxy) is 1. The van der Waals surface area contributed by atoms with Crippen LogP contribution < -0.4 is 10.6 Å². The zero-order valence-electron chi connectivity index (χ0n) is 12.2. The first-order valence-corrected chi connectivity index (χ1v) is 8.67. The first kappa shape index (κ1) is 16.8. The fourth-order valence-corrected chi connectivity index (χ4v) is 4.02. The quantitative estimate of drug-likeness (QED) is 0.709. The van der Waals surface area contributed by atoms with Crippen LogP contribution in [0.5, 0.6) is 0 Å². The Morgan fingerprint density at radius 3 is 2.90 bits per heavy atom. The molecule has 0 radical (unpaired) electrons. The third-order valence-electron chi connectivity index (χ3n) is 3.65. The normalized spacial score (nSPS) is 19.3. The van der Waals surface area contributed by atoms with Crippen LogP contribution in [0.4, 0.5) is 5.69 Å². The molecule has 1 aromatic carbocycles. The van der Waals surface area contributed by atoms with Crippen molar-refractivity contribution < 1.29 is 9.53 Å². The van der Waals surface area contributed by atoms with E-state index in [0.29, 0.717) is 11.6 Å². The maximum absolute atomic E-state index is 11.9. The van der Waals surface area contributed by atoms with Crippen LogP contribution in [-0.2, 0) is 4.74 Å². The molecule has 1 heterocycles. The maximum Gasteiger partial charge on any atom is 0.340 e. The molecule has 2 N–H and O–H groups in total. The molecular formula is C15H20Br2N2O2. The number of anilines is 1. The molecule has 0 spiro atoms. The lowest BCUT2D eigenvalue weighted by Crippen LogP contribution is -2.29. The highest BCUT2D eigenvalue weighted by Crippen LogP contribution is 2.32. The van der Waals surface area contributed by atoms with Gasteiger partial charge in [0.05, 0.1) is 18.4 Å². The van der Waals surface area contributed by atoms with Crippen LogP contribution in [0.3, 0.4) is 0 Å². The van der Waals surface area contributed by atoms with E-state index in [2.05, 4.69) is 49.4 Å². The van der Waals surface area contributed by atoms with Crippen molar-refractivity contribution >= 4 is 43.5 Å². The Balaban J connectivity index is 2.15. The Morgan fingerprint density at radius 1 is 1.52 bits per heavy atom. The Labute approximate surface area is 142 Å².